The first kappa shape index (κ1) is 16.0. The molecule has 0 aliphatic carbocycles. The van der Waals surface area contributed by atoms with Gasteiger partial charge in [-0.2, -0.15) is 8.78 Å². The van der Waals surface area contributed by atoms with E-state index in [0.29, 0.717) is 0 Å². The molecule has 2 heterocycles. The summed E-state index contributed by atoms with van der Waals surface area (Å²) in [4.78, 5) is 12.2. The molecule has 0 spiro atoms. The summed E-state index contributed by atoms with van der Waals surface area (Å²) < 4.78 is 31.2. The zero-order chi connectivity index (χ0) is 17.1. The van der Waals surface area contributed by atoms with E-state index < -0.39 is 12.3 Å². The van der Waals surface area contributed by atoms with Gasteiger partial charge in [-0.25, -0.2) is 0 Å². The van der Waals surface area contributed by atoms with Gasteiger partial charge in [0.2, 0.25) is 5.89 Å². The van der Waals surface area contributed by atoms with Crippen molar-refractivity contribution < 1.29 is 13.2 Å². The summed E-state index contributed by atoms with van der Waals surface area (Å²) in [6.45, 7) is 0.287. The lowest BCUT2D eigenvalue weighted by Crippen LogP contribution is -2.25. The molecule has 0 aliphatic rings. The summed E-state index contributed by atoms with van der Waals surface area (Å²) in [5.41, 5.74) is 6.95. The Bertz CT molecular complexity index is 877. The fourth-order valence-electron chi connectivity index (χ4n) is 2.25. The first-order chi connectivity index (χ1) is 11.5. The Hall–Kier alpha value is -2.87. The molecule has 124 valence electrons. The van der Waals surface area contributed by atoms with Crippen LogP contribution in [0.15, 0.2) is 57.9 Å². The normalized spacial score (nSPS) is 12.5. The molecule has 0 saturated heterocycles. The lowest BCUT2D eigenvalue weighted by molar-refractivity contribution is 0.116. The number of halogens is 2. The van der Waals surface area contributed by atoms with Crippen molar-refractivity contribution in [3.8, 4) is 11.5 Å². The van der Waals surface area contributed by atoms with Crippen molar-refractivity contribution in [1.29, 1.82) is 0 Å². The zero-order valence-corrected chi connectivity index (χ0v) is 12.5. The summed E-state index contributed by atoms with van der Waals surface area (Å²) in [6.07, 6.45) is -1.33. The largest absolute Gasteiger partial charge is 0.415 e. The van der Waals surface area contributed by atoms with Crippen molar-refractivity contribution in [2.75, 3.05) is 0 Å². The second-order valence-electron chi connectivity index (χ2n) is 5.17. The van der Waals surface area contributed by atoms with E-state index in [1.807, 2.05) is 30.3 Å². The van der Waals surface area contributed by atoms with Crippen LogP contribution < -0.4 is 11.3 Å². The van der Waals surface area contributed by atoms with E-state index in [0.717, 1.165) is 5.56 Å². The SMILES string of the molecule is N[C@@H](Cn1ccc(-c2nnc(C(F)F)o2)cc1=O)c1ccccc1. The summed E-state index contributed by atoms with van der Waals surface area (Å²) in [6, 6.07) is 11.8. The molecule has 0 bridgehead atoms. The number of aromatic nitrogens is 3. The third-order valence-corrected chi connectivity index (χ3v) is 3.49. The number of benzene rings is 1. The Balaban J connectivity index is 1.81. The van der Waals surface area contributed by atoms with Crippen molar-refractivity contribution in [3.63, 3.8) is 0 Å². The minimum absolute atomic E-state index is 0.123. The number of hydrogen-bond acceptors (Lipinski definition) is 5. The van der Waals surface area contributed by atoms with Gasteiger partial charge in [0, 0.05) is 30.4 Å². The van der Waals surface area contributed by atoms with E-state index in [9.17, 15) is 13.6 Å². The number of pyridine rings is 1. The van der Waals surface area contributed by atoms with Gasteiger partial charge in [0.05, 0.1) is 0 Å². The van der Waals surface area contributed by atoms with Gasteiger partial charge in [0.25, 0.3) is 11.4 Å². The van der Waals surface area contributed by atoms with E-state index in [2.05, 4.69) is 10.2 Å². The predicted molar refractivity (Wildman–Crippen MR) is 82.3 cm³/mol. The molecule has 3 aromatic rings. The third kappa shape index (κ3) is 3.38. The Labute approximate surface area is 135 Å². The highest BCUT2D eigenvalue weighted by Gasteiger charge is 2.17. The molecule has 0 amide bonds. The number of rotatable bonds is 5. The van der Waals surface area contributed by atoms with Crippen molar-refractivity contribution in [3.05, 3.63) is 70.5 Å². The highest BCUT2D eigenvalue weighted by atomic mass is 19.3. The second kappa shape index (κ2) is 6.71. The van der Waals surface area contributed by atoms with Crippen LogP contribution in [0, 0.1) is 0 Å². The van der Waals surface area contributed by atoms with Gasteiger partial charge >= 0.3 is 6.43 Å². The van der Waals surface area contributed by atoms with Crippen LogP contribution in [0.2, 0.25) is 0 Å². The van der Waals surface area contributed by atoms with Crippen LogP contribution in [0.5, 0.6) is 0 Å². The summed E-state index contributed by atoms with van der Waals surface area (Å²) in [7, 11) is 0. The average Bonchev–Trinajstić information content (AvgIpc) is 3.08. The topological polar surface area (TPSA) is 86.9 Å². The maximum Gasteiger partial charge on any atom is 0.314 e. The third-order valence-electron chi connectivity index (χ3n) is 3.49. The minimum Gasteiger partial charge on any atom is -0.415 e. The van der Waals surface area contributed by atoms with E-state index in [1.165, 1.54) is 16.8 Å². The van der Waals surface area contributed by atoms with Crippen molar-refractivity contribution in [1.82, 2.24) is 14.8 Å². The number of alkyl halides is 2. The fourth-order valence-corrected chi connectivity index (χ4v) is 2.25. The van der Waals surface area contributed by atoms with Crippen molar-refractivity contribution in [2.24, 2.45) is 5.73 Å². The second-order valence-corrected chi connectivity index (χ2v) is 5.17. The van der Waals surface area contributed by atoms with Crippen LogP contribution in [-0.4, -0.2) is 14.8 Å². The molecule has 0 radical (unpaired) electrons. The highest BCUT2D eigenvalue weighted by molar-refractivity contribution is 5.50. The summed E-state index contributed by atoms with van der Waals surface area (Å²) in [5.74, 6) is -0.901. The molecule has 0 saturated carbocycles. The molecule has 1 aromatic carbocycles. The molecule has 0 unspecified atom stereocenters. The first-order valence-electron chi connectivity index (χ1n) is 7.17. The van der Waals surface area contributed by atoms with Crippen LogP contribution in [-0.2, 0) is 6.54 Å². The molecular formula is C16H14F2N4O2. The first-order valence-corrected chi connectivity index (χ1v) is 7.17. The van der Waals surface area contributed by atoms with Crippen LogP contribution in [0.4, 0.5) is 8.78 Å². The molecule has 6 nitrogen and oxygen atoms in total. The standard InChI is InChI=1S/C16H14F2N4O2/c17-14(18)16-21-20-15(24-16)11-6-7-22(13(23)8-11)9-12(19)10-4-2-1-3-5-10/h1-8,12,14H,9,19H2/t12-/m0/s1. The molecule has 2 aromatic heterocycles. The van der Waals surface area contributed by atoms with Gasteiger partial charge in [-0.15, -0.1) is 10.2 Å². The molecule has 3 rings (SSSR count). The van der Waals surface area contributed by atoms with E-state index in [4.69, 9.17) is 10.2 Å². The van der Waals surface area contributed by atoms with Gasteiger partial charge < -0.3 is 14.7 Å². The van der Waals surface area contributed by atoms with E-state index in [-0.39, 0.29) is 29.6 Å². The summed E-state index contributed by atoms with van der Waals surface area (Å²) in [5, 5.41) is 6.75. The Morgan fingerprint density at radius 2 is 1.92 bits per heavy atom. The lowest BCUT2D eigenvalue weighted by Gasteiger charge is -2.14. The molecule has 24 heavy (non-hydrogen) atoms. The number of nitrogens with zero attached hydrogens (tertiary/aromatic N) is 3. The van der Waals surface area contributed by atoms with Crippen LogP contribution in [0.3, 0.4) is 0 Å². The Kier molecular flexibility index (Phi) is 4.48. The molecule has 0 fully saturated rings. The molecule has 8 heteroatoms. The maximum absolute atomic E-state index is 12.5. The molecule has 0 aliphatic heterocycles. The van der Waals surface area contributed by atoms with Gasteiger partial charge in [0.15, 0.2) is 0 Å². The number of hydrogen-bond donors (Lipinski definition) is 1. The quantitative estimate of drug-likeness (QED) is 0.776. The van der Waals surface area contributed by atoms with E-state index >= 15 is 0 Å². The van der Waals surface area contributed by atoms with Gasteiger partial charge in [0.1, 0.15) is 0 Å². The Morgan fingerprint density at radius 3 is 2.54 bits per heavy atom. The van der Waals surface area contributed by atoms with Crippen LogP contribution in [0.25, 0.3) is 11.5 Å². The Morgan fingerprint density at radius 1 is 1.17 bits per heavy atom. The zero-order valence-electron chi connectivity index (χ0n) is 12.5. The lowest BCUT2D eigenvalue weighted by atomic mass is 10.1. The highest BCUT2D eigenvalue weighted by Crippen LogP contribution is 2.22. The maximum atomic E-state index is 12.5. The molecule has 2 N–H and O–H groups in total. The number of nitrogens with two attached hydrogens (primary N) is 1. The van der Waals surface area contributed by atoms with Gasteiger partial charge in [-0.05, 0) is 11.6 Å². The van der Waals surface area contributed by atoms with Gasteiger partial charge in [-0.3, -0.25) is 4.79 Å². The fraction of sp³-hybridized carbons (Fsp3) is 0.188. The minimum atomic E-state index is -2.85. The molecule has 1 atom stereocenters. The van der Waals surface area contributed by atoms with Crippen molar-refractivity contribution in [2.45, 2.75) is 19.0 Å². The summed E-state index contributed by atoms with van der Waals surface area (Å²) >= 11 is 0. The monoisotopic (exact) mass is 332 g/mol. The predicted octanol–water partition coefficient (Wildman–Crippen LogP) is 2.54. The van der Waals surface area contributed by atoms with Gasteiger partial charge in [-0.1, -0.05) is 30.3 Å². The van der Waals surface area contributed by atoms with Crippen LogP contribution in [0.1, 0.15) is 23.9 Å². The molecular weight excluding hydrogens is 318 g/mol. The van der Waals surface area contributed by atoms with E-state index in [1.54, 1.807) is 6.07 Å². The van der Waals surface area contributed by atoms with Crippen molar-refractivity contribution >= 4 is 0 Å². The van der Waals surface area contributed by atoms with Crippen LogP contribution >= 0.6 is 0 Å². The smallest absolute Gasteiger partial charge is 0.314 e. The average molecular weight is 332 g/mol.